The van der Waals surface area contributed by atoms with E-state index >= 15 is 0 Å². The molecule has 1 aliphatic heterocycles. The van der Waals surface area contributed by atoms with Crippen molar-refractivity contribution >= 4 is 22.7 Å². The number of piperidine rings is 1. The van der Waals surface area contributed by atoms with Gasteiger partial charge in [-0.15, -0.1) is 10.2 Å². The van der Waals surface area contributed by atoms with E-state index < -0.39 is 0 Å². The van der Waals surface area contributed by atoms with Gasteiger partial charge < -0.3 is 13.8 Å². The average Bonchev–Trinajstić information content (AvgIpc) is 3.45. The standard InChI is InChI=1S/C24H25FN4O2S/c1-16-3-5-18(6-4-16)23-26-27-24(30-23)32-14-2-11-29-12-9-17(10-13-29)22-20-8-7-19(25)15-21(20)31-28-22/h3-8,15,17H,2,9-14H2,1H3. The summed E-state index contributed by atoms with van der Waals surface area (Å²) >= 11 is 1.61. The predicted molar refractivity (Wildman–Crippen MR) is 122 cm³/mol. The lowest BCUT2D eigenvalue weighted by molar-refractivity contribution is 0.210. The van der Waals surface area contributed by atoms with Crippen LogP contribution in [0.25, 0.3) is 22.4 Å². The maximum atomic E-state index is 13.4. The minimum atomic E-state index is -0.292. The van der Waals surface area contributed by atoms with E-state index in [9.17, 15) is 4.39 Å². The van der Waals surface area contributed by atoms with Crippen molar-refractivity contribution in [1.82, 2.24) is 20.3 Å². The maximum absolute atomic E-state index is 13.4. The Kier molecular flexibility index (Phi) is 6.23. The van der Waals surface area contributed by atoms with Gasteiger partial charge in [0.05, 0.1) is 5.69 Å². The molecule has 5 rings (SSSR count). The monoisotopic (exact) mass is 452 g/mol. The number of nitrogens with zero attached hydrogens (tertiary/aromatic N) is 4. The molecule has 4 aromatic rings. The first-order valence-electron chi connectivity index (χ1n) is 11.0. The van der Waals surface area contributed by atoms with Crippen LogP contribution in [0.3, 0.4) is 0 Å². The lowest BCUT2D eigenvalue weighted by atomic mass is 9.91. The van der Waals surface area contributed by atoms with Crippen molar-refractivity contribution in [2.24, 2.45) is 0 Å². The molecular formula is C24H25FN4O2S. The van der Waals surface area contributed by atoms with E-state index in [4.69, 9.17) is 8.94 Å². The summed E-state index contributed by atoms with van der Waals surface area (Å²) in [4.78, 5) is 2.49. The van der Waals surface area contributed by atoms with Crippen LogP contribution < -0.4 is 0 Å². The van der Waals surface area contributed by atoms with Crippen LogP contribution in [0.2, 0.25) is 0 Å². The number of likely N-dealkylation sites (tertiary alicyclic amines) is 1. The van der Waals surface area contributed by atoms with Gasteiger partial charge in [-0.2, -0.15) is 0 Å². The van der Waals surface area contributed by atoms with Crippen LogP contribution in [0.4, 0.5) is 4.39 Å². The van der Waals surface area contributed by atoms with Crippen molar-refractivity contribution < 1.29 is 13.3 Å². The molecule has 32 heavy (non-hydrogen) atoms. The second kappa shape index (κ2) is 9.42. The van der Waals surface area contributed by atoms with Crippen molar-refractivity contribution in [3.63, 3.8) is 0 Å². The summed E-state index contributed by atoms with van der Waals surface area (Å²) in [6, 6.07) is 12.7. The van der Waals surface area contributed by atoms with Crippen LogP contribution in [0.5, 0.6) is 0 Å². The first kappa shape index (κ1) is 21.2. The summed E-state index contributed by atoms with van der Waals surface area (Å²) in [7, 11) is 0. The fourth-order valence-electron chi connectivity index (χ4n) is 4.18. The number of benzene rings is 2. The number of hydrogen-bond donors (Lipinski definition) is 0. The third kappa shape index (κ3) is 4.71. The highest BCUT2D eigenvalue weighted by Gasteiger charge is 2.25. The number of rotatable bonds is 7. The van der Waals surface area contributed by atoms with E-state index in [0.29, 0.717) is 22.6 Å². The molecule has 166 valence electrons. The van der Waals surface area contributed by atoms with Crippen LogP contribution in [0.1, 0.15) is 36.4 Å². The van der Waals surface area contributed by atoms with Crippen LogP contribution in [0, 0.1) is 12.7 Å². The van der Waals surface area contributed by atoms with Crippen LogP contribution in [-0.2, 0) is 0 Å². The second-order valence-corrected chi connectivity index (χ2v) is 9.31. The van der Waals surface area contributed by atoms with E-state index in [1.807, 2.05) is 24.3 Å². The topological polar surface area (TPSA) is 68.2 Å². The Morgan fingerprint density at radius 2 is 1.91 bits per heavy atom. The number of aryl methyl sites for hydroxylation is 1. The molecule has 2 aromatic carbocycles. The summed E-state index contributed by atoms with van der Waals surface area (Å²) in [5.74, 6) is 1.58. The Bertz CT molecular complexity index is 1180. The van der Waals surface area contributed by atoms with Gasteiger partial charge in [0.25, 0.3) is 5.22 Å². The molecular weight excluding hydrogens is 427 g/mol. The lowest BCUT2D eigenvalue weighted by Gasteiger charge is -2.31. The van der Waals surface area contributed by atoms with Gasteiger partial charge in [0.2, 0.25) is 5.89 Å². The van der Waals surface area contributed by atoms with Crippen LogP contribution >= 0.6 is 11.8 Å². The minimum absolute atomic E-state index is 0.292. The Morgan fingerprint density at radius 3 is 2.72 bits per heavy atom. The molecule has 0 atom stereocenters. The number of fused-ring (bicyclic) bond motifs is 1. The molecule has 3 heterocycles. The maximum Gasteiger partial charge on any atom is 0.276 e. The lowest BCUT2D eigenvalue weighted by Crippen LogP contribution is -2.34. The van der Waals surface area contributed by atoms with Crippen molar-refractivity contribution in [3.8, 4) is 11.5 Å². The highest BCUT2D eigenvalue weighted by atomic mass is 32.2. The Labute approximate surface area is 190 Å². The van der Waals surface area contributed by atoms with Crippen molar-refractivity contribution in [2.45, 2.75) is 37.3 Å². The van der Waals surface area contributed by atoms with Gasteiger partial charge in [0, 0.05) is 28.7 Å². The molecule has 0 saturated carbocycles. The van der Waals surface area contributed by atoms with Crippen molar-refractivity contribution in [3.05, 3.63) is 59.5 Å². The predicted octanol–water partition coefficient (Wildman–Crippen LogP) is 5.69. The fraction of sp³-hybridized carbons (Fsp3) is 0.375. The number of thioether (sulfide) groups is 1. The van der Waals surface area contributed by atoms with Gasteiger partial charge in [0.15, 0.2) is 5.58 Å². The Morgan fingerprint density at radius 1 is 1.09 bits per heavy atom. The van der Waals surface area contributed by atoms with E-state index in [1.54, 1.807) is 17.8 Å². The van der Waals surface area contributed by atoms with Gasteiger partial charge in [-0.05, 0) is 70.1 Å². The zero-order valence-corrected chi connectivity index (χ0v) is 18.8. The molecule has 0 spiro atoms. The first-order valence-corrected chi connectivity index (χ1v) is 11.9. The Balaban J connectivity index is 1.06. The van der Waals surface area contributed by atoms with E-state index in [0.717, 1.165) is 61.3 Å². The number of aromatic nitrogens is 3. The molecule has 0 radical (unpaired) electrons. The van der Waals surface area contributed by atoms with Crippen molar-refractivity contribution in [1.29, 1.82) is 0 Å². The van der Waals surface area contributed by atoms with E-state index in [2.05, 4.69) is 27.2 Å². The number of halogens is 1. The fourth-order valence-corrected chi connectivity index (χ4v) is 4.87. The smallest absolute Gasteiger partial charge is 0.276 e. The zero-order chi connectivity index (χ0) is 21.9. The highest BCUT2D eigenvalue weighted by molar-refractivity contribution is 7.99. The summed E-state index contributed by atoms with van der Waals surface area (Å²) in [6.07, 6.45) is 3.13. The van der Waals surface area contributed by atoms with Crippen LogP contribution in [-0.4, -0.2) is 45.6 Å². The average molecular weight is 453 g/mol. The normalized spacial score (nSPS) is 15.6. The van der Waals surface area contributed by atoms with Gasteiger partial charge in [-0.1, -0.05) is 34.6 Å². The molecule has 0 N–H and O–H groups in total. The molecule has 1 fully saturated rings. The first-order chi connectivity index (χ1) is 15.7. The quantitative estimate of drug-likeness (QED) is 0.264. The van der Waals surface area contributed by atoms with Crippen molar-refractivity contribution in [2.75, 3.05) is 25.4 Å². The van der Waals surface area contributed by atoms with Gasteiger partial charge in [-0.25, -0.2) is 4.39 Å². The third-order valence-corrected chi connectivity index (χ3v) is 6.89. The Hall–Kier alpha value is -2.71. The molecule has 1 aliphatic rings. The molecule has 0 bridgehead atoms. The van der Waals surface area contributed by atoms with Gasteiger partial charge in [0.1, 0.15) is 5.82 Å². The SMILES string of the molecule is Cc1ccc(-c2nnc(SCCCN3CCC(c4noc5cc(F)ccc45)CC3)o2)cc1. The third-order valence-electron chi connectivity index (χ3n) is 5.99. The zero-order valence-electron chi connectivity index (χ0n) is 18.0. The van der Waals surface area contributed by atoms with Crippen LogP contribution in [0.15, 0.2) is 56.6 Å². The molecule has 6 nitrogen and oxygen atoms in total. The summed E-state index contributed by atoms with van der Waals surface area (Å²) in [5, 5.41) is 14.1. The van der Waals surface area contributed by atoms with E-state index in [-0.39, 0.29) is 5.82 Å². The summed E-state index contributed by atoms with van der Waals surface area (Å²) in [5.41, 5.74) is 3.65. The molecule has 1 saturated heterocycles. The minimum Gasteiger partial charge on any atom is -0.411 e. The van der Waals surface area contributed by atoms with E-state index in [1.165, 1.54) is 17.7 Å². The molecule has 2 aromatic heterocycles. The second-order valence-electron chi connectivity index (χ2n) is 8.27. The number of hydrogen-bond acceptors (Lipinski definition) is 7. The summed E-state index contributed by atoms with van der Waals surface area (Å²) < 4.78 is 24.5. The molecule has 0 amide bonds. The van der Waals surface area contributed by atoms with Gasteiger partial charge in [-0.3, -0.25) is 0 Å². The highest BCUT2D eigenvalue weighted by Crippen LogP contribution is 2.33. The molecule has 8 heteroatoms. The largest absolute Gasteiger partial charge is 0.411 e. The summed E-state index contributed by atoms with van der Waals surface area (Å²) in [6.45, 7) is 5.16. The molecule has 0 aliphatic carbocycles. The molecule has 0 unspecified atom stereocenters. The van der Waals surface area contributed by atoms with Gasteiger partial charge >= 0.3 is 0 Å².